The van der Waals surface area contributed by atoms with Crippen LogP contribution in [0.15, 0.2) is 12.2 Å². The van der Waals surface area contributed by atoms with Gasteiger partial charge in [-0.25, -0.2) is 0 Å². The molecule has 0 aliphatic carbocycles. The van der Waals surface area contributed by atoms with Crippen LogP contribution in [0.4, 0.5) is 0 Å². The monoisotopic (exact) mass is 612 g/mol. The standard InChI is InChI=1S/C30H60N4O2S.2ClH/c1-3-4-5-6-7-8-9-10-11-12-13-14-15-16-17-18-19-26-37-27-29(33-28(2)35)30(36)34(24-20-22-31)25-21-23-32;;/h11-12,29H,3-10,13-27,31-32H2,1-2H3,(H,33,35);2*1H. The lowest BCUT2D eigenvalue weighted by molar-refractivity contribution is -0.135. The first-order chi connectivity index (χ1) is 18.1. The van der Waals surface area contributed by atoms with Crippen molar-refractivity contribution < 1.29 is 9.59 Å². The van der Waals surface area contributed by atoms with E-state index in [4.69, 9.17) is 11.5 Å². The fourth-order valence-corrected chi connectivity index (χ4v) is 5.40. The molecule has 0 saturated heterocycles. The lowest BCUT2D eigenvalue weighted by Crippen LogP contribution is -2.50. The smallest absolute Gasteiger partial charge is 0.246 e. The zero-order chi connectivity index (χ0) is 27.4. The Kier molecular flexibility index (Phi) is 37.2. The van der Waals surface area contributed by atoms with Crippen molar-refractivity contribution in [2.24, 2.45) is 11.5 Å². The summed E-state index contributed by atoms with van der Waals surface area (Å²) in [4.78, 5) is 26.5. The van der Waals surface area contributed by atoms with Gasteiger partial charge < -0.3 is 21.7 Å². The van der Waals surface area contributed by atoms with Crippen molar-refractivity contribution in [3.63, 3.8) is 0 Å². The zero-order valence-corrected chi connectivity index (χ0v) is 27.6. The number of hydrogen-bond acceptors (Lipinski definition) is 5. The van der Waals surface area contributed by atoms with E-state index in [0.29, 0.717) is 31.9 Å². The highest BCUT2D eigenvalue weighted by Crippen LogP contribution is 2.14. The minimum absolute atomic E-state index is 0. The SMILES string of the molecule is CCCCCCCCCC=CCCCCCCCCSCC(NC(C)=O)C(=O)N(CCCN)CCCN.Cl.Cl. The quantitative estimate of drug-likeness (QED) is 0.0683. The van der Waals surface area contributed by atoms with Crippen LogP contribution in [-0.4, -0.2) is 60.4 Å². The molecule has 2 amide bonds. The van der Waals surface area contributed by atoms with E-state index in [-0.39, 0.29) is 36.6 Å². The van der Waals surface area contributed by atoms with Gasteiger partial charge in [0.05, 0.1) is 0 Å². The van der Waals surface area contributed by atoms with Crippen molar-refractivity contribution >= 4 is 48.4 Å². The van der Waals surface area contributed by atoms with Crippen LogP contribution in [0.2, 0.25) is 0 Å². The van der Waals surface area contributed by atoms with Gasteiger partial charge in [0.2, 0.25) is 11.8 Å². The number of allylic oxidation sites excluding steroid dienone is 2. The van der Waals surface area contributed by atoms with E-state index < -0.39 is 6.04 Å². The Morgan fingerprint density at radius 1 is 0.744 bits per heavy atom. The summed E-state index contributed by atoms with van der Waals surface area (Å²) in [6, 6.07) is -0.475. The molecule has 6 nitrogen and oxygen atoms in total. The average molecular weight is 614 g/mol. The number of carbonyl (C=O) groups is 2. The first-order valence-electron chi connectivity index (χ1n) is 15.3. The first-order valence-corrected chi connectivity index (χ1v) is 16.4. The molecule has 1 atom stereocenters. The molecule has 0 aliphatic heterocycles. The van der Waals surface area contributed by atoms with Crippen LogP contribution in [0.25, 0.3) is 0 Å². The predicted octanol–water partition coefficient (Wildman–Crippen LogP) is 7.02. The van der Waals surface area contributed by atoms with Gasteiger partial charge in [-0.3, -0.25) is 9.59 Å². The second kappa shape index (κ2) is 33.7. The number of nitrogens with one attached hydrogen (secondary N) is 1. The van der Waals surface area contributed by atoms with E-state index in [2.05, 4.69) is 24.4 Å². The van der Waals surface area contributed by atoms with Crippen molar-refractivity contribution in [3.05, 3.63) is 12.2 Å². The number of unbranched alkanes of at least 4 members (excludes halogenated alkanes) is 13. The molecule has 0 fully saturated rings. The highest BCUT2D eigenvalue weighted by atomic mass is 35.5. The number of halogens is 2. The number of thioether (sulfide) groups is 1. The summed E-state index contributed by atoms with van der Waals surface area (Å²) in [6.45, 7) is 6.07. The molecule has 0 aromatic rings. The molecular weight excluding hydrogens is 551 g/mol. The largest absolute Gasteiger partial charge is 0.344 e. The third kappa shape index (κ3) is 28.8. The maximum atomic E-state index is 13.0. The van der Waals surface area contributed by atoms with Crippen LogP contribution in [0.5, 0.6) is 0 Å². The second-order valence-corrected chi connectivity index (χ2v) is 11.4. The minimum atomic E-state index is -0.475. The van der Waals surface area contributed by atoms with Crippen LogP contribution in [0, 0.1) is 0 Å². The molecule has 39 heavy (non-hydrogen) atoms. The van der Waals surface area contributed by atoms with Gasteiger partial charge >= 0.3 is 0 Å². The maximum Gasteiger partial charge on any atom is 0.246 e. The van der Waals surface area contributed by atoms with Crippen molar-refractivity contribution in [2.45, 2.75) is 129 Å². The van der Waals surface area contributed by atoms with Crippen molar-refractivity contribution in [1.29, 1.82) is 0 Å². The van der Waals surface area contributed by atoms with E-state index in [9.17, 15) is 9.59 Å². The molecule has 0 aliphatic rings. The Labute approximate surface area is 257 Å². The average Bonchev–Trinajstić information content (AvgIpc) is 2.88. The third-order valence-corrected chi connectivity index (χ3v) is 7.73. The van der Waals surface area contributed by atoms with Crippen LogP contribution < -0.4 is 16.8 Å². The number of hydrogen-bond donors (Lipinski definition) is 3. The number of carbonyl (C=O) groups excluding carboxylic acids is 2. The number of amides is 2. The summed E-state index contributed by atoms with van der Waals surface area (Å²) < 4.78 is 0. The summed E-state index contributed by atoms with van der Waals surface area (Å²) in [5.74, 6) is 1.46. The fraction of sp³-hybridized carbons (Fsp3) is 0.867. The molecule has 0 aromatic carbocycles. The summed E-state index contributed by atoms with van der Waals surface area (Å²) in [7, 11) is 0. The number of rotatable bonds is 27. The Bertz CT molecular complexity index is 563. The maximum absolute atomic E-state index is 13.0. The van der Waals surface area contributed by atoms with E-state index in [0.717, 1.165) is 25.0 Å². The van der Waals surface area contributed by atoms with Crippen LogP contribution in [0.1, 0.15) is 123 Å². The molecule has 9 heteroatoms. The van der Waals surface area contributed by atoms with Crippen molar-refractivity contribution in [1.82, 2.24) is 10.2 Å². The highest BCUT2D eigenvalue weighted by molar-refractivity contribution is 7.99. The molecule has 1 unspecified atom stereocenters. The summed E-state index contributed by atoms with van der Waals surface area (Å²) >= 11 is 1.76. The second-order valence-electron chi connectivity index (χ2n) is 10.2. The molecule has 0 radical (unpaired) electrons. The van der Waals surface area contributed by atoms with E-state index in [1.807, 2.05) is 4.90 Å². The van der Waals surface area contributed by atoms with Gasteiger partial charge in [-0.05, 0) is 63.8 Å². The zero-order valence-electron chi connectivity index (χ0n) is 25.1. The van der Waals surface area contributed by atoms with Gasteiger partial charge in [-0.2, -0.15) is 11.8 Å². The third-order valence-electron chi connectivity index (χ3n) is 6.59. The van der Waals surface area contributed by atoms with Crippen LogP contribution in [-0.2, 0) is 9.59 Å². The molecular formula is C30H62Cl2N4O2S. The van der Waals surface area contributed by atoms with Crippen LogP contribution in [0.3, 0.4) is 0 Å². The summed E-state index contributed by atoms with van der Waals surface area (Å²) in [5, 5.41) is 2.85. The van der Waals surface area contributed by atoms with Gasteiger partial charge in [-0.1, -0.05) is 83.3 Å². The summed E-state index contributed by atoms with van der Waals surface area (Å²) in [6.07, 6.45) is 26.0. The molecule has 234 valence electrons. The van der Waals surface area contributed by atoms with Gasteiger partial charge in [0.15, 0.2) is 0 Å². The molecule has 0 rings (SSSR count). The lowest BCUT2D eigenvalue weighted by atomic mass is 10.1. The van der Waals surface area contributed by atoms with E-state index in [1.165, 1.54) is 96.8 Å². The van der Waals surface area contributed by atoms with Crippen LogP contribution >= 0.6 is 36.6 Å². The number of nitrogens with two attached hydrogens (primary N) is 2. The minimum Gasteiger partial charge on any atom is -0.344 e. The summed E-state index contributed by atoms with van der Waals surface area (Å²) in [5.41, 5.74) is 11.3. The Morgan fingerprint density at radius 2 is 1.21 bits per heavy atom. The topological polar surface area (TPSA) is 101 Å². The normalized spacial score (nSPS) is 11.6. The molecule has 5 N–H and O–H groups in total. The molecule has 0 bridgehead atoms. The Hall–Kier alpha value is -0.470. The van der Waals surface area contributed by atoms with Gasteiger partial charge in [0.25, 0.3) is 0 Å². The van der Waals surface area contributed by atoms with Gasteiger partial charge in [-0.15, -0.1) is 24.8 Å². The molecule has 0 saturated carbocycles. The van der Waals surface area contributed by atoms with E-state index in [1.54, 1.807) is 11.8 Å². The predicted molar refractivity (Wildman–Crippen MR) is 177 cm³/mol. The molecule has 0 heterocycles. The lowest BCUT2D eigenvalue weighted by Gasteiger charge is -2.27. The number of nitrogens with zero attached hydrogens (tertiary/aromatic N) is 1. The molecule has 0 spiro atoms. The van der Waals surface area contributed by atoms with Gasteiger partial charge in [0, 0.05) is 25.8 Å². The molecule has 0 aromatic heterocycles. The van der Waals surface area contributed by atoms with Gasteiger partial charge in [0.1, 0.15) is 6.04 Å². The fourth-order valence-electron chi connectivity index (χ4n) is 4.37. The van der Waals surface area contributed by atoms with Crippen molar-refractivity contribution in [2.75, 3.05) is 37.7 Å². The first kappa shape index (κ1) is 43.0. The van der Waals surface area contributed by atoms with E-state index >= 15 is 0 Å². The highest BCUT2D eigenvalue weighted by Gasteiger charge is 2.24. The Balaban J connectivity index is -0.00000648. The van der Waals surface area contributed by atoms with Crippen molar-refractivity contribution in [3.8, 4) is 0 Å². The Morgan fingerprint density at radius 3 is 1.67 bits per heavy atom.